The molecule has 8 heteroatoms. The van der Waals surface area contributed by atoms with Gasteiger partial charge in [0.1, 0.15) is 11.8 Å². The molecule has 1 N–H and O–H groups in total. The molecule has 39 heavy (non-hydrogen) atoms. The number of nitrogens with one attached hydrogen (secondary N) is 1. The summed E-state index contributed by atoms with van der Waals surface area (Å²) < 4.78 is 6.47. The van der Waals surface area contributed by atoms with Gasteiger partial charge in [-0.25, -0.2) is 0 Å². The molecule has 2 atom stereocenters. The fraction of sp³-hybridized carbons (Fsp3) is 0.290. The number of aromatic nitrogens is 1. The minimum absolute atomic E-state index is 0.177. The first kappa shape index (κ1) is 26.2. The minimum Gasteiger partial charge on any atom is -0.452 e. The van der Waals surface area contributed by atoms with Gasteiger partial charge in [0, 0.05) is 29.9 Å². The average Bonchev–Trinajstić information content (AvgIpc) is 3.55. The molecule has 4 heterocycles. The number of piperidine rings is 1. The Morgan fingerprint density at radius 2 is 1.82 bits per heavy atom. The molecule has 6 rings (SSSR count). The maximum absolute atomic E-state index is 6.91. The van der Waals surface area contributed by atoms with Crippen LogP contribution in [-0.2, 0) is 0 Å². The Bertz CT molecular complexity index is 1450. The van der Waals surface area contributed by atoms with Gasteiger partial charge in [0.05, 0.1) is 22.4 Å². The maximum Gasteiger partial charge on any atom is 0.174 e. The van der Waals surface area contributed by atoms with Crippen LogP contribution in [0.2, 0.25) is 5.02 Å². The van der Waals surface area contributed by atoms with E-state index in [1.165, 1.54) is 18.4 Å². The van der Waals surface area contributed by atoms with E-state index in [1.807, 2.05) is 42.6 Å². The number of hydrogen-bond acceptors (Lipinski definition) is 5. The van der Waals surface area contributed by atoms with Crippen LogP contribution in [0.4, 0.5) is 11.4 Å². The SMILES string of the molecule is Cc1ccc(Sc2ccc([C@@H]3[C@@H](c4ccccn4)NC(=S)N3c3ccc(N4CCC(C)CC4)c(Cl)c3)o2)cc1. The largest absolute Gasteiger partial charge is 0.452 e. The van der Waals surface area contributed by atoms with Gasteiger partial charge in [-0.3, -0.25) is 4.98 Å². The Morgan fingerprint density at radius 3 is 2.54 bits per heavy atom. The molecule has 0 unspecified atom stereocenters. The Balaban J connectivity index is 1.33. The summed E-state index contributed by atoms with van der Waals surface area (Å²) in [5.41, 5.74) is 4.15. The smallest absolute Gasteiger partial charge is 0.174 e. The normalized spacial score (nSPS) is 19.9. The van der Waals surface area contributed by atoms with Crippen molar-refractivity contribution in [2.24, 2.45) is 5.92 Å². The van der Waals surface area contributed by atoms with Crippen LogP contribution in [0, 0.1) is 12.8 Å². The molecular weight excluding hydrogens is 544 g/mol. The van der Waals surface area contributed by atoms with Crippen LogP contribution in [0.3, 0.4) is 0 Å². The molecular formula is C31H31ClN4OS2. The number of thiocarbonyl (C=S) groups is 1. The summed E-state index contributed by atoms with van der Waals surface area (Å²) in [6.45, 7) is 6.47. The van der Waals surface area contributed by atoms with Crippen molar-refractivity contribution in [2.45, 2.75) is 48.8 Å². The van der Waals surface area contributed by atoms with Crippen molar-refractivity contribution in [1.82, 2.24) is 10.3 Å². The van der Waals surface area contributed by atoms with Gasteiger partial charge >= 0.3 is 0 Å². The van der Waals surface area contributed by atoms with Crippen LogP contribution in [0.25, 0.3) is 0 Å². The fourth-order valence-electron chi connectivity index (χ4n) is 5.34. The number of benzene rings is 2. The summed E-state index contributed by atoms with van der Waals surface area (Å²) in [4.78, 5) is 10.3. The molecule has 2 aromatic heterocycles. The second kappa shape index (κ2) is 11.2. The Hall–Kier alpha value is -3.00. The lowest BCUT2D eigenvalue weighted by atomic mass is 9.98. The van der Waals surface area contributed by atoms with Crippen LogP contribution in [0.5, 0.6) is 0 Å². The van der Waals surface area contributed by atoms with E-state index in [0.29, 0.717) is 5.11 Å². The molecule has 0 radical (unpaired) electrons. The number of furan rings is 1. The van der Waals surface area contributed by atoms with Gasteiger partial charge in [0.25, 0.3) is 0 Å². The van der Waals surface area contributed by atoms with E-state index in [2.05, 4.69) is 70.3 Å². The molecule has 0 bridgehead atoms. The third kappa shape index (κ3) is 5.53. The second-order valence-corrected chi connectivity index (χ2v) is 12.2. The highest BCUT2D eigenvalue weighted by Gasteiger charge is 2.42. The molecule has 0 saturated carbocycles. The third-order valence-corrected chi connectivity index (χ3v) is 9.11. The topological polar surface area (TPSA) is 44.5 Å². The first-order valence-corrected chi connectivity index (χ1v) is 15.0. The average molecular weight is 575 g/mol. The summed E-state index contributed by atoms with van der Waals surface area (Å²) in [6, 6.07) is 24.4. The first-order valence-electron chi connectivity index (χ1n) is 13.4. The second-order valence-electron chi connectivity index (χ2n) is 10.4. The van der Waals surface area contributed by atoms with E-state index < -0.39 is 0 Å². The van der Waals surface area contributed by atoms with Gasteiger partial charge in [-0.2, -0.15) is 0 Å². The van der Waals surface area contributed by atoms with Gasteiger partial charge in [-0.15, -0.1) is 0 Å². The van der Waals surface area contributed by atoms with Crippen molar-refractivity contribution in [2.75, 3.05) is 22.9 Å². The van der Waals surface area contributed by atoms with E-state index in [0.717, 1.165) is 56.8 Å². The molecule has 0 aliphatic carbocycles. The molecule has 200 valence electrons. The maximum atomic E-state index is 6.91. The quantitative estimate of drug-likeness (QED) is 0.233. The molecule has 2 aliphatic heterocycles. The van der Waals surface area contributed by atoms with Crippen molar-refractivity contribution < 1.29 is 4.42 Å². The van der Waals surface area contributed by atoms with Crippen molar-refractivity contribution in [3.63, 3.8) is 0 Å². The number of rotatable bonds is 6. The van der Waals surface area contributed by atoms with Crippen molar-refractivity contribution in [3.8, 4) is 0 Å². The molecule has 5 nitrogen and oxygen atoms in total. The molecule has 4 aromatic rings. The van der Waals surface area contributed by atoms with Crippen molar-refractivity contribution in [3.05, 3.63) is 101 Å². The highest BCUT2D eigenvalue weighted by Crippen LogP contribution is 2.45. The predicted molar refractivity (Wildman–Crippen MR) is 164 cm³/mol. The summed E-state index contributed by atoms with van der Waals surface area (Å²) in [7, 11) is 0. The van der Waals surface area contributed by atoms with Gasteiger partial charge < -0.3 is 19.5 Å². The highest BCUT2D eigenvalue weighted by atomic mass is 35.5. The monoisotopic (exact) mass is 574 g/mol. The molecule has 2 aliphatic rings. The number of pyridine rings is 1. The lowest BCUT2D eigenvalue weighted by molar-refractivity contribution is 0.383. The number of halogens is 1. The molecule has 0 amide bonds. The summed E-state index contributed by atoms with van der Waals surface area (Å²) in [5, 5.41) is 5.70. The van der Waals surface area contributed by atoms with Gasteiger partial charge in [-0.1, -0.05) is 54.0 Å². The predicted octanol–water partition coefficient (Wildman–Crippen LogP) is 8.20. The van der Waals surface area contributed by atoms with E-state index in [-0.39, 0.29) is 12.1 Å². The first-order chi connectivity index (χ1) is 19.0. The standard InChI is InChI=1S/C31H31ClN4OS2/c1-20-6-9-23(10-7-20)39-28-13-12-27(37-28)30-29(25-5-3-4-16-33-25)34-31(38)36(30)22-8-11-26(24(32)19-22)35-17-14-21(2)15-18-35/h3-13,16,19,21,29-30H,14-15,17-18H2,1-2H3,(H,34,38)/t29-,30-/m1/s1. The zero-order valence-corrected chi connectivity index (χ0v) is 24.4. The van der Waals surface area contributed by atoms with Crippen LogP contribution >= 0.6 is 35.6 Å². The lowest BCUT2D eigenvalue weighted by Gasteiger charge is -2.33. The fourth-order valence-corrected chi connectivity index (χ4v) is 6.76. The molecule has 2 fully saturated rings. The summed E-state index contributed by atoms with van der Waals surface area (Å²) >= 11 is 14.4. The van der Waals surface area contributed by atoms with E-state index in [4.69, 9.17) is 28.2 Å². The van der Waals surface area contributed by atoms with Crippen LogP contribution in [0.1, 0.15) is 48.9 Å². The lowest BCUT2D eigenvalue weighted by Crippen LogP contribution is -2.33. The number of hydrogen-bond donors (Lipinski definition) is 1. The third-order valence-electron chi connectivity index (χ3n) is 7.56. The summed E-state index contributed by atoms with van der Waals surface area (Å²) in [5.74, 6) is 1.58. The number of nitrogens with zero attached hydrogens (tertiary/aromatic N) is 3. The van der Waals surface area contributed by atoms with E-state index in [9.17, 15) is 0 Å². The Labute approximate surface area is 244 Å². The molecule has 2 aromatic carbocycles. The van der Waals surface area contributed by atoms with Crippen LogP contribution in [-0.4, -0.2) is 23.2 Å². The van der Waals surface area contributed by atoms with Gasteiger partial charge in [0.15, 0.2) is 10.2 Å². The van der Waals surface area contributed by atoms with Crippen LogP contribution < -0.4 is 15.1 Å². The van der Waals surface area contributed by atoms with E-state index in [1.54, 1.807) is 11.8 Å². The Kier molecular flexibility index (Phi) is 7.56. The molecule has 2 saturated heterocycles. The van der Waals surface area contributed by atoms with Gasteiger partial charge in [0.2, 0.25) is 0 Å². The minimum atomic E-state index is -0.225. The number of aryl methyl sites for hydroxylation is 1. The van der Waals surface area contributed by atoms with Crippen molar-refractivity contribution in [1.29, 1.82) is 0 Å². The highest BCUT2D eigenvalue weighted by molar-refractivity contribution is 7.99. The summed E-state index contributed by atoms with van der Waals surface area (Å²) in [6.07, 6.45) is 4.19. The molecule has 0 spiro atoms. The zero-order chi connectivity index (χ0) is 26.9. The van der Waals surface area contributed by atoms with Crippen LogP contribution in [0.15, 0.2) is 93.4 Å². The van der Waals surface area contributed by atoms with E-state index >= 15 is 0 Å². The van der Waals surface area contributed by atoms with Crippen molar-refractivity contribution >= 4 is 52.1 Å². The van der Waals surface area contributed by atoms with Gasteiger partial charge in [-0.05, 0) is 92.5 Å². The Morgan fingerprint density at radius 1 is 1.03 bits per heavy atom. The number of anilines is 2. The zero-order valence-electron chi connectivity index (χ0n) is 22.0.